The van der Waals surface area contributed by atoms with Gasteiger partial charge in [0.05, 0.1) is 26.1 Å². The van der Waals surface area contributed by atoms with Crippen molar-refractivity contribution in [3.63, 3.8) is 0 Å². The SMILES string of the molecule is COc1cc(OC)cc(C(=O)Nc2ccc(N3CCN(C4CCCC4)C3=O)nc2)c1. The summed E-state index contributed by atoms with van der Waals surface area (Å²) in [5, 5.41) is 2.82. The van der Waals surface area contributed by atoms with Gasteiger partial charge in [-0.3, -0.25) is 9.69 Å². The second kappa shape index (κ2) is 8.61. The normalized spacial score (nSPS) is 16.8. The van der Waals surface area contributed by atoms with Gasteiger partial charge in [-0.2, -0.15) is 0 Å². The summed E-state index contributed by atoms with van der Waals surface area (Å²) in [4.78, 5) is 33.5. The van der Waals surface area contributed by atoms with Crippen LogP contribution in [0.5, 0.6) is 11.5 Å². The zero-order chi connectivity index (χ0) is 21.1. The molecule has 1 saturated heterocycles. The van der Waals surface area contributed by atoms with E-state index in [4.69, 9.17) is 9.47 Å². The van der Waals surface area contributed by atoms with Crippen LogP contribution in [0.3, 0.4) is 0 Å². The van der Waals surface area contributed by atoms with Crippen LogP contribution in [0.1, 0.15) is 36.0 Å². The van der Waals surface area contributed by atoms with Crippen LogP contribution >= 0.6 is 0 Å². The largest absolute Gasteiger partial charge is 0.497 e. The van der Waals surface area contributed by atoms with Crippen molar-refractivity contribution in [1.82, 2.24) is 9.88 Å². The quantitative estimate of drug-likeness (QED) is 0.788. The van der Waals surface area contributed by atoms with Gasteiger partial charge in [0.15, 0.2) is 0 Å². The zero-order valence-corrected chi connectivity index (χ0v) is 17.3. The fourth-order valence-corrected chi connectivity index (χ4v) is 4.08. The summed E-state index contributed by atoms with van der Waals surface area (Å²) < 4.78 is 10.4. The number of nitrogens with zero attached hydrogens (tertiary/aromatic N) is 3. The lowest BCUT2D eigenvalue weighted by molar-refractivity contribution is 0.102. The van der Waals surface area contributed by atoms with E-state index in [1.165, 1.54) is 27.1 Å². The Labute approximate surface area is 175 Å². The maximum Gasteiger partial charge on any atom is 0.326 e. The Morgan fingerprint density at radius 3 is 2.37 bits per heavy atom. The van der Waals surface area contributed by atoms with Gasteiger partial charge in [-0.05, 0) is 37.1 Å². The van der Waals surface area contributed by atoms with E-state index in [0.29, 0.717) is 41.2 Å². The highest BCUT2D eigenvalue weighted by Gasteiger charge is 2.36. The van der Waals surface area contributed by atoms with Gasteiger partial charge < -0.3 is 19.7 Å². The van der Waals surface area contributed by atoms with Crippen molar-refractivity contribution in [3.05, 3.63) is 42.1 Å². The molecule has 2 aromatic rings. The smallest absolute Gasteiger partial charge is 0.326 e. The molecule has 1 aromatic carbocycles. The molecule has 2 aliphatic rings. The summed E-state index contributed by atoms with van der Waals surface area (Å²) in [6, 6.07) is 8.88. The van der Waals surface area contributed by atoms with Gasteiger partial charge in [0.2, 0.25) is 0 Å². The fourth-order valence-electron chi connectivity index (χ4n) is 4.08. The lowest BCUT2D eigenvalue weighted by Gasteiger charge is -2.23. The van der Waals surface area contributed by atoms with Crippen LogP contribution < -0.4 is 19.7 Å². The molecule has 158 valence electrons. The molecule has 1 aromatic heterocycles. The topological polar surface area (TPSA) is 84.0 Å². The third-order valence-electron chi connectivity index (χ3n) is 5.70. The van der Waals surface area contributed by atoms with Gasteiger partial charge in [0.1, 0.15) is 17.3 Å². The van der Waals surface area contributed by atoms with E-state index < -0.39 is 0 Å². The minimum atomic E-state index is -0.300. The molecule has 1 aliphatic heterocycles. The van der Waals surface area contributed by atoms with Crippen molar-refractivity contribution in [2.24, 2.45) is 0 Å². The number of aromatic nitrogens is 1. The van der Waals surface area contributed by atoms with E-state index in [2.05, 4.69) is 10.3 Å². The Kier molecular flexibility index (Phi) is 5.74. The molecule has 2 heterocycles. The van der Waals surface area contributed by atoms with E-state index in [-0.39, 0.29) is 11.9 Å². The number of nitrogens with one attached hydrogen (secondary N) is 1. The standard InChI is InChI=1S/C22H26N4O4/c1-29-18-11-15(12-19(13-18)30-2)21(27)24-16-7-8-20(23-14-16)26-10-9-25(22(26)28)17-5-3-4-6-17/h7-8,11-14,17H,3-6,9-10H2,1-2H3,(H,24,27). The van der Waals surface area contributed by atoms with Gasteiger partial charge in [-0.15, -0.1) is 0 Å². The summed E-state index contributed by atoms with van der Waals surface area (Å²) in [6.45, 7) is 1.37. The summed E-state index contributed by atoms with van der Waals surface area (Å²) in [5.74, 6) is 1.37. The molecule has 2 fully saturated rings. The average molecular weight is 410 g/mol. The monoisotopic (exact) mass is 410 g/mol. The van der Waals surface area contributed by atoms with Gasteiger partial charge >= 0.3 is 6.03 Å². The van der Waals surface area contributed by atoms with Crippen molar-refractivity contribution in [2.75, 3.05) is 37.5 Å². The number of ether oxygens (including phenoxy) is 2. The van der Waals surface area contributed by atoms with E-state index in [1.54, 1.807) is 41.4 Å². The average Bonchev–Trinajstić information content (AvgIpc) is 3.43. The first-order chi connectivity index (χ1) is 14.6. The Morgan fingerprint density at radius 2 is 1.77 bits per heavy atom. The molecule has 0 spiro atoms. The number of methoxy groups -OCH3 is 2. The van der Waals surface area contributed by atoms with E-state index >= 15 is 0 Å². The lowest BCUT2D eigenvalue weighted by atomic mass is 10.2. The van der Waals surface area contributed by atoms with E-state index in [9.17, 15) is 9.59 Å². The summed E-state index contributed by atoms with van der Waals surface area (Å²) >= 11 is 0. The van der Waals surface area contributed by atoms with Crippen molar-refractivity contribution < 1.29 is 19.1 Å². The number of amides is 3. The highest BCUT2D eigenvalue weighted by Crippen LogP contribution is 2.29. The Hall–Kier alpha value is -3.29. The van der Waals surface area contributed by atoms with Crippen LogP contribution in [0.15, 0.2) is 36.5 Å². The molecular formula is C22H26N4O4. The van der Waals surface area contributed by atoms with Crippen LogP contribution in [0.4, 0.5) is 16.3 Å². The number of anilines is 2. The summed E-state index contributed by atoms with van der Waals surface area (Å²) in [5.41, 5.74) is 0.960. The number of hydrogen-bond donors (Lipinski definition) is 1. The zero-order valence-electron chi connectivity index (χ0n) is 17.3. The maximum absolute atomic E-state index is 12.8. The van der Waals surface area contributed by atoms with Crippen LogP contribution in [-0.4, -0.2) is 55.2 Å². The van der Waals surface area contributed by atoms with Crippen LogP contribution in [0.25, 0.3) is 0 Å². The molecule has 0 bridgehead atoms. The third-order valence-corrected chi connectivity index (χ3v) is 5.70. The fraction of sp³-hybridized carbons (Fsp3) is 0.409. The molecule has 30 heavy (non-hydrogen) atoms. The number of hydrogen-bond acceptors (Lipinski definition) is 5. The van der Waals surface area contributed by atoms with Gasteiger partial charge in [0, 0.05) is 30.8 Å². The molecule has 0 unspecified atom stereocenters. The summed E-state index contributed by atoms with van der Waals surface area (Å²) in [7, 11) is 3.07. The Balaban J connectivity index is 1.43. The minimum absolute atomic E-state index is 0.0228. The van der Waals surface area contributed by atoms with E-state index in [1.807, 2.05) is 4.90 Å². The number of rotatable bonds is 6. The second-order valence-electron chi connectivity index (χ2n) is 7.53. The molecule has 8 nitrogen and oxygen atoms in total. The second-order valence-corrected chi connectivity index (χ2v) is 7.53. The van der Waals surface area contributed by atoms with Crippen molar-refractivity contribution in [3.8, 4) is 11.5 Å². The summed E-state index contributed by atoms with van der Waals surface area (Å²) in [6.07, 6.45) is 6.14. The molecule has 1 saturated carbocycles. The molecule has 1 N–H and O–H groups in total. The van der Waals surface area contributed by atoms with Crippen LogP contribution in [0, 0.1) is 0 Å². The molecule has 1 aliphatic carbocycles. The number of pyridine rings is 1. The van der Waals surface area contributed by atoms with Gasteiger partial charge in [0.25, 0.3) is 5.91 Å². The Morgan fingerprint density at radius 1 is 1.07 bits per heavy atom. The maximum atomic E-state index is 12.8. The van der Waals surface area contributed by atoms with Crippen molar-refractivity contribution >= 4 is 23.4 Å². The minimum Gasteiger partial charge on any atom is -0.497 e. The molecule has 8 heteroatoms. The van der Waals surface area contributed by atoms with Gasteiger partial charge in [-0.1, -0.05) is 12.8 Å². The molecule has 4 rings (SSSR count). The highest BCUT2D eigenvalue weighted by atomic mass is 16.5. The first-order valence-corrected chi connectivity index (χ1v) is 10.2. The van der Waals surface area contributed by atoms with Crippen LogP contribution in [0.2, 0.25) is 0 Å². The predicted molar refractivity (Wildman–Crippen MR) is 113 cm³/mol. The third kappa shape index (κ3) is 4.03. The molecule has 0 atom stereocenters. The highest BCUT2D eigenvalue weighted by molar-refractivity contribution is 6.04. The first kappa shape index (κ1) is 20.0. The van der Waals surface area contributed by atoms with Crippen LogP contribution in [-0.2, 0) is 0 Å². The number of benzene rings is 1. The Bertz CT molecular complexity index is 903. The molecule has 0 radical (unpaired) electrons. The van der Waals surface area contributed by atoms with Crippen molar-refractivity contribution in [2.45, 2.75) is 31.7 Å². The molecular weight excluding hydrogens is 384 g/mol. The molecule has 3 amide bonds. The number of urea groups is 1. The number of carbonyl (C=O) groups excluding carboxylic acids is 2. The first-order valence-electron chi connectivity index (χ1n) is 10.2. The number of carbonyl (C=O) groups is 2. The van der Waals surface area contributed by atoms with E-state index in [0.717, 1.165) is 19.4 Å². The van der Waals surface area contributed by atoms with Gasteiger partial charge in [-0.25, -0.2) is 9.78 Å². The lowest BCUT2D eigenvalue weighted by Crippen LogP contribution is -2.38. The predicted octanol–water partition coefficient (Wildman–Crippen LogP) is 3.54. The van der Waals surface area contributed by atoms with Crippen molar-refractivity contribution in [1.29, 1.82) is 0 Å².